The Morgan fingerprint density at radius 1 is 1.27 bits per heavy atom. The van der Waals surface area contributed by atoms with Crippen LogP contribution in [-0.4, -0.2) is 42.1 Å². The summed E-state index contributed by atoms with van der Waals surface area (Å²) in [4.78, 5) is 16.8. The Morgan fingerprint density at radius 3 is 2.82 bits per heavy atom. The van der Waals surface area contributed by atoms with Crippen molar-refractivity contribution in [1.82, 2.24) is 20.9 Å². The number of rotatable bonds is 3. The second-order valence-electron chi connectivity index (χ2n) is 6.84. The molecule has 3 fully saturated rings. The van der Waals surface area contributed by atoms with E-state index in [4.69, 9.17) is 4.42 Å². The van der Waals surface area contributed by atoms with Gasteiger partial charge in [0.2, 0.25) is 5.76 Å². The zero-order valence-corrected chi connectivity index (χ0v) is 12.9. The largest absolute Gasteiger partial charge is 0.435 e. The molecule has 0 bridgehead atoms. The Morgan fingerprint density at radius 2 is 2.09 bits per heavy atom. The van der Waals surface area contributed by atoms with Gasteiger partial charge in [-0.2, -0.15) is 0 Å². The van der Waals surface area contributed by atoms with Gasteiger partial charge in [0.05, 0.1) is 6.20 Å². The van der Waals surface area contributed by atoms with E-state index in [1.54, 1.807) is 6.20 Å². The highest BCUT2D eigenvalue weighted by Gasteiger charge is 2.47. The molecule has 0 radical (unpaired) electrons. The van der Waals surface area contributed by atoms with Crippen LogP contribution in [0.2, 0.25) is 0 Å². The van der Waals surface area contributed by atoms with Gasteiger partial charge in [-0.3, -0.25) is 4.79 Å². The predicted molar refractivity (Wildman–Crippen MR) is 81.8 cm³/mol. The molecule has 1 unspecified atom stereocenters. The Balaban J connectivity index is 1.41. The van der Waals surface area contributed by atoms with E-state index in [1.807, 2.05) is 0 Å². The number of hydrogen-bond acceptors (Lipinski definition) is 5. The lowest BCUT2D eigenvalue weighted by Gasteiger charge is -2.43. The monoisotopic (exact) mass is 304 g/mol. The van der Waals surface area contributed by atoms with Crippen LogP contribution in [0.3, 0.4) is 0 Å². The number of carbonyl (C=O) groups excluding carboxylic acids is 1. The van der Waals surface area contributed by atoms with Gasteiger partial charge in [-0.1, -0.05) is 0 Å². The highest BCUT2D eigenvalue weighted by Crippen LogP contribution is 2.39. The molecule has 1 aromatic heterocycles. The van der Waals surface area contributed by atoms with Gasteiger partial charge >= 0.3 is 0 Å². The molecule has 6 heteroatoms. The zero-order valence-electron chi connectivity index (χ0n) is 12.9. The molecule has 1 spiro atoms. The molecular weight excluding hydrogens is 280 g/mol. The van der Waals surface area contributed by atoms with E-state index in [0.29, 0.717) is 11.7 Å². The summed E-state index contributed by atoms with van der Waals surface area (Å²) in [5, 5.41) is 10.1. The van der Waals surface area contributed by atoms with Crippen molar-refractivity contribution < 1.29 is 9.21 Å². The first-order valence-corrected chi connectivity index (χ1v) is 8.49. The summed E-state index contributed by atoms with van der Waals surface area (Å²) in [7, 11) is 0. The lowest BCUT2D eigenvalue weighted by molar-refractivity contribution is 0.0851. The van der Waals surface area contributed by atoms with Crippen molar-refractivity contribution in [1.29, 1.82) is 0 Å². The summed E-state index contributed by atoms with van der Waals surface area (Å²) in [6.07, 6.45) is 8.21. The van der Waals surface area contributed by atoms with Crippen LogP contribution in [0.1, 0.15) is 60.9 Å². The topological polar surface area (TPSA) is 79.2 Å². The number of nitrogens with zero attached hydrogens (tertiary/aromatic N) is 1. The van der Waals surface area contributed by atoms with Crippen molar-refractivity contribution in [2.45, 2.75) is 56.0 Å². The molecule has 22 heavy (non-hydrogen) atoms. The van der Waals surface area contributed by atoms with Gasteiger partial charge in [-0.15, -0.1) is 0 Å². The molecule has 1 amide bonds. The molecule has 1 aromatic rings. The van der Waals surface area contributed by atoms with E-state index in [2.05, 4.69) is 20.9 Å². The smallest absolute Gasteiger partial charge is 0.288 e. The first-order chi connectivity index (χ1) is 10.8. The predicted octanol–water partition coefficient (Wildman–Crippen LogP) is 1.16. The van der Waals surface area contributed by atoms with E-state index in [0.717, 1.165) is 57.6 Å². The Hall–Kier alpha value is -1.40. The molecule has 2 aliphatic heterocycles. The van der Waals surface area contributed by atoms with Gasteiger partial charge in [0.15, 0.2) is 5.89 Å². The minimum atomic E-state index is -0.118. The van der Waals surface area contributed by atoms with Crippen LogP contribution in [0.15, 0.2) is 10.6 Å². The van der Waals surface area contributed by atoms with Crippen molar-refractivity contribution in [3.8, 4) is 0 Å². The number of hydrogen-bond donors (Lipinski definition) is 3. The number of aromatic nitrogens is 1. The number of amides is 1. The van der Waals surface area contributed by atoms with Gasteiger partial charge in [0.1, 0.15) is 0 Å². The van der Waals surface area contributed by atoms with E-state index in [9.17, 15) is 4.79 Å². The Labute approximate surface area is 130 Å². The SMILES string of the molecule is O=C(NC1CCNC12CCC2)c1cnc(C2CCNCC2)o1. The molecule has 1 atom stereocenters. The van der Waals surface area contributed by atoms with Crippen molar-refractivity contribution in [3.05, 3.63) is 17.8 Å². The molecule has 3 aliphatic rings. The summed E-state index contributed by atoms with van der Waals surface area (Å²) in [5.74, 6) is 1.30. The maximum absolute atomic E-state index is 12.4. The maximum Gasteiger partial charge on any atom is 0.288 e. The Bertz CT molecular complexity index is 546. The number of piperidine rings is 1. The minimum Gasteiger partial charge on any atom is -0.435 e. The lowest BCUT2D eigenvalue weighted by Crippen LogP contribution is -2.59. The van der Waals surface area contributed by atoms with Crippen LogP contribution in [-0.2, 0) is 0 Å². The third-order valence-electron chi connectivity index (χ3n) is 5.56. The van der Waals surface area contributed by atoms with Crippen LogP contribution in [0, 0.1) is 0 Å². The van der Waals surface area contributed by atoms with Crippen LogP contribution < -0.4 is 16.0 Å². The van der Waals surface area contributed by atoms with E-state index < -0.39 is 0 Å². The molecule has 0 aromatic carbocycles. The second-order valence-corrected chi connectivity index (χ2v) is 6.84. The molecule has 1 saturated carbocycles. The van der Waals surface area contributed by atoms with Crippen LogP contribution in [0.5, 0.6) is 0 Å². The molecule has 4 rings (SSSR count). The highest BCUT2D eigenvalue weighted by molar-refractivity contribution is 5.91. The summed E-state index contributed by atoms with van der Waals surface area (Å²) in [6, 6.07) is 0.223. The van der Waals surface area contributed by atoms with E-state index in [1.165, 1.54) is 6.42 Å². The normalized spacial score (nSPS) is 27.7. The van der Waals surface area contributed by atoms with Gasteiger partial charge in [0.25, 0.3) is 5.91 Å². The summed E-state index contributed by atoms with van der Waals surface area (Å²) >= 11 is 0. The lowest BCUT2D eigenvalue weighted by atomic mass is 9.73. The molecule has 1 aliphatic carbocycles. The van der Waals surface area contributed by atoms with Gasteiger partial charge in [0, 0.05) is 17.5 Å². The van der Waals surface area contributed by atoms with E-state index in [-0.39, 0.29) is 17.5 Å². The number of carbonyl (C=O) groups is 1. The third kappa shape index (κ3) is 2.44. The fraction of sp³-hybridized carbons (Fsp3) is 0.750. The first-order valence-electron chi connectivity index (χ1n) is 8.49. The minimum absolute atomic E-state index is 0.118. The second kappa shape index (κ2) is 5.66. The number of oxazole rings is 1. The summed E-state index contributed by atoms with van der Waals surface area (Å²) in [6.45, 7) is 2.97. The van der Waals surface area contributed by atoms with Crippen LogP contribution >= 0.6 is 0 Å². The fourth-order valence-electron chi connectivity index (χ4n) is 4.04. The maximum atomic E-state index is 12.4. The standard InChI is InChI=1S/C16H24N4O2/c21-14(20-13-4-9-19-16(13)5-1-6-16)12-10-18-15(22-12)11-2-7-17-8-3-11/h10-11,13,17,19H,1-9H2,(H,20,21). The van der Waals surface area contributed by atoms with Crippen molar-refractivity contribution in [2.75, 3.05) is 19.6 Å². The zero-order chi connectivity index (χ0) is 15.0. The quantitative estimate of drug-likeness (QED) is 0.781. The van der Waals surface area contributed by atoms with Crippen LogP contribution in [0.25, 0.3) is 0 Å². The summed E-state index contributed by atoms with van der Waals surface area (Å²) < 4.78 is 5.74. The molecule has 3 heterocycles. The first kappa shape index (κ1) is 14.2. The molecule has 120 valence electrons. The van der Waals surface area contributed by atoms with Crippen LogP contribution in [0.4, 0.5) is 0 Å². The average molecular weight is 304 g/mol. The van der Waals surface area contributed by atoms with Gasteiger partial charge < -0.3 is 20.4 Å². The molecule has 2 saturated heterocycles. The van der Waals surface area contributed by atoms with Crippen molar-refractivity contribution in [3.63, 3.8) is 0 Å². The third-order valence-corrected chi connectivity index (χ3v) is 5.56. The summed E-state index contributed by atoms with van der Waals surface area (Å²) in [5.41, 5.74) is 0.146. The highest BCUT2D eigenvalue weighted by atomic mass is 16.4. The van der Waals surface area contributed by atoms with E-state index >= 15 is 0 Å². The molecule has 6 nitrogen and oxygen atoms in total. The van der Waals surface area contributed by atoms with Crippen molar-refractivity contribution in [2.24, 2.45) is 0 Å². The average Bonchev–Trinajstić information content (AvgIpc) is 3.14. The fourth-order valence-corrected chi connectivity index (χ4v) is 4.04. The number of nitrogens with one attached hydrogen (secondary N) is 3. The van der Waals surface area contributed by atoms with Gasteiger partial charge in [-0.05, 0) is 58.2 Å². The molecular formula is C16H24N4O2. The van der Waals surface area contributed by atoms with Crippen molar-refractivity contribution >= 4 is 5.91 Å². The molecule has 3 N–H and O–H groups in total. The van der Waals surface area contributed by atoms with Gasteiger partial charge in [-0.25, -0.2) is 4.98 Å². The Kier molecular flexibility index (Phi) is 3.66.